The number of anilines is 1. The van der Waals surface area contributed by atoms with E-state index < -0.39 is 0 Å². The normalized spacial score (nSPS) is 9.83. The molecule has 3 nitrogen and oxygen atoms in total. The predicted molar refractivity (Wildman–Crippen MR) is 75.4 cm³/mol. The quantitative estimate of drug-likeness (QED) is 0.930. The van der Waals surface area contributed by atoms with Crippen molar-refractivity contribution in [3.63, 3.8) is 0 Å². The zero-order valence-corrected chi connectivity index (χ0v) is 11.7. The van der Waals surface area contributed by atoms with E-state index in [1.807, 2.05) is 30.3 Å². The molecule has 0 atom stereocenters. The number of aromatic nitrogens is 1. The molecule has 0 saturated carbocycles. The highest BCUT2D eigenvalue weighted by atomic mass is 79.9. The van der Waals surface area contributed by atoms with Crippen molar-refractivity contribution in [1.29, 1.82) is 5.26 Å². The standard InChI is InChI=1S/C13H9BrClN3/c14-12-2-1-10(6-13(12)15)18-8-9-3-4-17-11(5-9)7-16/h1-6,18H,8H2. The largest absolute Gasteiger partial charge is 0.381 e. The number of halogens is 2. The number of rotatable bonds is 3. The number of nitriles is 1. The zero-order valence-electron chi connectivity index (χ0n) is 9.32. The third kappa shape index (κ3) is 3.22. The van der Waals surface area contributed by atoms with Crippen molar-refractivity contribution < 1.29 is 0 Å². The van der Waals surface area contributed by atoms with Gasteiger partial charge in [-0.2, -0.15) is 5.26 Å². The fraction of sp³-hybridized carbons (Fsp3) is 0.0769. The molecule has 18 heavy (non-hydrogen) atoms. The summed E-state index contributed by atoms with van der Waals surface area (Å²) in [5.74, 6) is 0. The molecular weight excluding hydrogens is 314 g/mol. The molecule has 0 amide bonds. The number of pyridine rings is 1. The predicted octanol–water partition coefficient (Wildman–Crippen LogP) is 3.98. The van der Waals surface area contributed by atoms with Gasteiger partial charge in [0.1, 0.15) is 11.8 Å². The smallest absolute Gasteiger partial charge is 0.140 e. The summed E-state index contributed by atoms with van der Waals surface area (Å²) >= 11 is 9.34. The zero-order chi connectivity index (χ0) is 13.0. The van der Waals surface area contributed by atoms with Gasteiger partial charge in [-0.05, 0) is 51.8 Å². The Kier molecular flexibility index (Phi) is 4.19. The molecule has 0 aliphatic carbocycles. The van der Waals surface area contributed by atoms with Crippen LogP contribution in [-0.4, -0.2) is 4.98 Å². The van der Waals surface area contributed by atoms with Gasteiger partial charge in [-0.3, -0.25) is 0 Å². The van der Waals surface area contributed by atoms with Crippen LogP contribution in [0.25, 0.3) is 0 Å². The minimum Gasteiger partial charge on any atom is -0.381 e. The molecule has 2 rings (SSSR count). The first-order chi connectivity index (χ1) is 8.69. The summed E-state index contributed by atoms with van der Waals surface area (Å²) in [7, 11) is 0. The van der Waals surface area contributed by atoms with Gasteiger partial charge in [-0.25, -0.2) is 4.98 Å². The first-order valence-electron chi connectivity index (χ1n) is 5.23. The van der Waals surface area contributed by atoms with E-state index in [0.29, 0.717) is 17.3 Å². The Bertz CT molecular complexity index is 607. The average molecular weight is 323 g/mol. The van der Waals surface area contributed by atoms with Crippen LogP contribution in [0.1, 0.15) is 11.3 Å². The average Bonchev–Trinajstić information content (AvgIpc) is 2.40. The lowest BCUT2D eigenvalue weighted by molar-refractivity contribution is 1.12. The van der Waals surface area contributed by atoms with Crippen LogP contribution in [-0.2, 0) is 6.54 Å². The van der Waals surface area contributed by atoms with Crippen molar-refractivity contribution in [1.82, 2.24) is 4.98 Å². The highest BCUT2D eigenvalue weighted by Crippen LogP contribution is 2.25. The van der Waals surface area contributed by atoms with Gasteiger partial charge in [0.05, 0.1) is 5.02 Å². The number of nitrogens with one attached hydrogen (secondary N) is 1. The molecular formula is C13H9BrClN3. The second-order valence-electron chi connectivity index (χ2n) is 3.64. The Balaban J connectivity index is 2.07. The SMILES string of the molecule is N#Cc1cc(CNc2ccc(Br)c(Cl)c2)ccn1. The first-order valence-corrected chi connectivity index (χ1v) is 6.40. The second kappa shape index (κ2) is 5.85. The van der Waals surface area contributed by atoms with E-state index in [2.05, 4.69) is 26.2 Å². The highest BCUT2D eigenvalue weighted by molar-refractivity contribution is 9.10. The van der Waals surface area contributed by atoms with E-state index in [0.717, 1.165) is 15.7 Å². The van der Waals surface area contributed by atoms with Crippen molar-refractivity contribution in [2.75, 3.05) is 5.32 Å². The highest BCUT2D eigenvalue weighted by Gasteiger charge is 2.00. The summed E-state index contributed by atoms with van der Waals surface area (Å²) < 4.78 is 0.866. The van der Waals surface area contributed by atoms with Crippen molar-refractivity contribution >= 4 is 33.2 Å². The van der Waals surface area contributed by atoms with Crippen LogP contribution in [0, 0.1) is 11.3 Å². The molecule has 0 aliphatic heterocycles. The molecule has 90 valence electrons. The summed E-state index contributed by atoms with van der Waals surface area (Å²) in [5.41, 5.74) is 2.35. The molecule has 0 spiro atoms. The molecule has 1 aromatic carbocycles. The van der Waals surface area contributed by atoms with E-state index in [-0.39, 0.29) is 0 Å². The third-order valence-electron chi connectivity index (χ3n) is 2.36. The van der Waals surface area contributed by atoms with Crippen LogP contribution in [0.5, 0.6) is 0 Å². The number of nitrogens with zero attached hydrogens (tertiary/aromatic N) is 2. The first kappa shape index (κ1) is 12.9. The summed E-state index contributed by atoms with van der Waals surface area (Å²) in [5, 5.41) is 12.7. The second-order valence-corrected chi connectivity index (χ2v) is 4.91. The lowest BCUT2D eigenvalue weighted by Crippen LogP contribution is -2.00. The minimum absolute atomic E-state index is 0.420. The van der Waals surface area contributed by atoms with Crippen LogP contribution in [0.3, 0.4) is 0 Å². The molecule has 0 fully saturated rings. The molecule has 1 N–H and O–H groups in total. The molecule has 0 radical (unpaired) electrons. The summed E-state index contributed by atoms with van der Waals surface area (Å²) in [6.07, 6.45) is 1.63. The molecule has 0 bridgehead atoms. The van der Waals surface area contributed by atoms with Crippen molar-refractivity contribution in [2.24, 2.45) is 0 Å². The summed E-state index contributed by atoms with van der Waals surface area (Å²) in [4.78, 5) is 3.92. The van der Waals surface area contributed by atoms with Crippen LogP contribution in [0.4, 0.5) is 5.69 Å². The number of hydrogen-bond donors (Lipinski definition) is 1. The topological polar surface area (TPSA) is 48.7 Å². The number of benzene rings is 1. The van der Waals surface area contributed by atoms with Gasteiger partial charge in [0.25, 0.3) is 0 Å². The maximum atomic E-state index is 8.76. The fourth-order valence-electron chi connectivity index (χ4n) is 1.46. The number of hydrogen-bond acceptors (Lipinski definition) is 3. The van der Waals surface area contributed by atoms with Crippen LogP contribution < -0.4 is 5.32 Å². The van der Waals surface area contributed by atoms with Crippen molar-refractivity contribution in [2.45, 2.75) is 6.54 Å². The Morgan fingerprint density at radius 2 is 2.17 bits per heavy atom. The van der Waals surface area contributed by atoms with Gasteiger partial charge >= 0.3 is 0 Å². The monoisotopic (exact) mass is 321 g/mol. The van der Waals surface area contributed by atoms with E-state index in [1.165, 1.54) is 0 Å². The molecule has 5 heteroatoms. The van der Waals surface area contributed by atoms with Crippen LogP contribution in [0.2, 0.25) is 5.02 Å². The van der Waals surface area contributed by atoms with Crippen LogP contribution in [0.15, 0.2) is 41.0 Å². The van der Waals surface area contributed by atoms with E-state index in [1.54, 1.807) is 12.3 Å². The lowest BCUT2D eigenvalue weighted by Gasteiger charge is -2.07. The molecule has 1 aromatic heterocycles. The Hall–Kier alpha value is -1.57. The minimum atomic E-state index is 0.420. The molecule has 0 saturated heterocycles. The summed E-state index contributed by atoms with van der Waals surface area (Å²) in [6, 6.07) is 11.3. The van der Waals surface area contributed by atoms with E-state index in [4.69, 9.17) is 16.9 Å². The van der Waals surface area contributed by atoms with Gasteiger partial charge in [0.15, 0.2) is 0 Å². The van der Waals surface area contributed by atoms with Gasteiger partial charge in [-0.15, -0.1) is 0 Å². The van der Waals surface area contributed by atoms with Gasteiger partial charge < -0.3 is 5.32 Å². The lowest BCUT2D eigenvalue weighted by atomic mass is 10.2. The van der Waals surface area contributed by atoms with Gasteiger partial charge in [-0.1, -0.05) is 11.6 Å². The van der Waals surface area contributed by atoms with Gasteiger partial charge in [0, 0.05) is 22.9 Å². The Morgan fingerprint density at radius 1 is 1.33 bits per heavy atom. The van der Waals surface area contributed by atoms with Gasteiger partial charge in [0.2, 0.25) is 0 Å². The maximum absolute atomic E-state index is 8.76. The van der Waals surface area contributed by atoms with Crippen LogP contribution >= 0.6 is 27.5 Å². The van der Waals surface area contributed by atoms with E-state index in [9.17, 15) is 0 Å². The Labute approximate surface area is 119 Å². The molecule has 2 aromatic rings. The molecule has 0 unspecified atom stereocenters. The fourth-order valence-corrected chi connectivity index (χ4v) is 1.88. The molecule has 0 aliphatic rings. The summed E-state index contributed by atoms with van der Waals surface area (Å²) in [6.45, 7) is 0.620. The maximum Gasteiger partial charge on any atom is 0.140 e. The molecule has 1 heterocycles. The van der Waals surface area contributed by atoms with E-state index >= 15 is 0 Å². The Morgan fingerprint density at radius 3 is 2.89 bits per heavy atom. The third-order valence-corrected chi connectivity index (χ3v) is 3.59. The van der Waals surface area contributed by atoms with Crippen molar-refractivity contribution in [3.05, 3.63) is 57.3 Å². The van der Waals surface area contributed by atoms with Crippen molar-refractivity contribution in [3.8, 4) is 6.07 Å².